The lowest BCUT2D eigenvalue weighted by molar-refractivity contribution is -0.143. The summed E-state index contributed by atoms with van der Waals surface area (Å²) in [6.45, 7) is 7.91. The van der Waals surface area contributed by atoms with Crippen LogP contribution >= 0.6 is 11.8 Å². The van der Waals surface area contributed by atoms with Gasteiger partial charge in [-0.1, -0.05) is 76.0 Å². The quantitative estimate of drug-likeness (QED) is 0.179. The Balaban J connectivity index is 2.50. The number of thioether (sulfide) groups is 1. The fourth-order valence-electron chi connectivity index (χ4n) is 5.24. The number of ether oxygens (including phenoxy) is 1. The fraction of sp³-hybridized carbons (Fsp3) is 0.667. The maximum Gasteiger partial charge on any atom is 0.408 e. The van der Waals surface area contributed by atoms with Gasteiger partial charge in [-0.15, -0.1) is 6.42 Å². The van der Waals surface area contributed by atoms with Crippen molar-refractivity contribution in [2.75, 3.05) is 18.6 Å². The summed E-state index contributed by atoms with van der Waals surface area (Å²) in [4.78, 5) is 43.0. The first-order valence-electron chi connectivity index (χ1n) is 15.3. The van der Waals surface area contributed by atoms with Gasteiger partial charge < -0.3 is 20.3 Å². The van der Waals surface area contributed by atoms with Crippen LogP contribution in [0.3, 0.4) is 0 Å². The average molecular weight is 586 g/mol. The molecule has 0 saturated heterocycles. The molecule has 0 aromatic heterocycles. The molecule has 7 nitrogen and oxygen atoms in total. The molecular formula is C33H51N3O4S. The van der Waals surface area contributed by atoms with Crippen LogP contribution in [0.4, 0.5) is 4.79 Å². The molecule has 2 N–H and O–H groups in total. The van der Waals surface area contributed by atoms with E-state index in [2.05, 4.69) is 23.5 Å². The summed E-state index contributed by atoms with van der Waals surface area (Å²) in [6, 6.07) is 5.68. The van der Waals surface area contributed by atoms with Gasteiger partial charge in [0.05, 0.1) is 0 Å². The summed E-state index contributed by atoms with van der Waals surface area (Å²) in [5.41, 5.74) is 0.511. The minimum absolute atomic E-state index is 0.0745. The summed E-state index contributed by atoms with van der Waals surface area (Å²) >= 11 is 1.60. The molecule has 0 bridgehead atoms. The summed E-state index contributed by atoms with van der Waals surface area (Å²) in [5, 5.41) is 6.07. The second-order valence-corrected chi connectivity index (χ2v) is 12.9. The van der Waals surface area contributed by atoms with E-state index < -0.39 is 23.8 Å². The average Bonchev–Trinajstić information content (AvgIpc) is 2.93. The van der Waals surface area contributed by atoms with Gasteiger partial charge in [0.1, 0.15) is 17.7 Å². The number of amides is 3. The Morgan fingerprint density at radius 3 is 2.41 bits per heavy atom. The van der Waals surface area contributed by atoms with E-state index in [1.807, 2.05) is 30.5 Å². The molecule has 228 valence electrons. The molecular weight excluding hydrogens is 534 g/mol. The van der Waals surface area contributed by atoms with Crippen LogP contribution in [0.25, 0.3) is 0 Å². The lowest BCUT2D eigenvalue weighted by Crippen LogP contribution is -2.54. The zero-order valence-electron chi connectivity index (χ0n) is 25.8. The standard InChI is InChI=1S/C33H51N3O4S/c1-7-9-10-11-17-23-36(31(38)28(22-24-41-6)35-32(39)40-33(3,4)5)29(27-21-16-15-18-25(27)8-2)30(37)34-26-19-13-12-14-20-26/h2,15-16,18,21,26,28-29H,7,9-14,17,19-20,22-24H2,1,3-6H3,(H,34,37)(H,35,39). The number of hydrogen-bond acceptors (Lipinski definition) is 5. The van der Waals surface area contributed by atoms with E-state index in [0.29, 0.717) is 29.8 Å². The number of rotatable bonds is 15. The normalized spacial score (nSPS) is 15.3. The number of benzene rings is 1. The third kappa shape index (κ3) is 12.0. The molecule has 0 spiro atoms. The van der Waals surface area contributed by atoms with E-state index in [1.54, 1.807) is 37.4 Å². The summed E-state index contributed by atoms with van der Waals surface area (Å²) in [5.74, 6) is 2.87. The van der Waals surface area contributed by atoms with Crippen molar-refractivity contribution in [3.05, 3.63) is 35.4 Å². The Morgan fingerprint density at radius 1 is 1.10 bits per heavy atom. The molecule has 1 aliphatic rings. The predicted octanol–water partition coefficient (Wildman–Crippen LogP) is 6.60. The van der Waals surface area contributed by atoms with Crippen molar-refractivity contribution >= 4 is 29.7 Å². The Bertz CT molecular complexity index is 1010. The van der Waals surface area contributed by atoms with Gasteiger partial charge in [0, 0.05) is 18.2 Å². The van der Waals surface area contributed by atoms with Crippen LogP contribution in [0.2, 0.25) is 0 Å². The molecule has 2 atom stereocenters. The molecule has 1 saturated carbocycles. The number of carbonyl (C=O) groups excluding carboxylic acids is 3. The van der Waals surface area contributed by atoms with Gasteiger partial charge in [0.15, 0.2) is 0 Å². The van der Waals surface area contributed by atoms with Crippen LogP contribution in [-0.2, 0) is 14.3 Å². The van der Waals surface area contributed by atoms with E-state index in [4.69, 9.17) is 11.2 Å². The van der Waals surface area contributed by atoms with E-state index in [9.17, 15) is 14.4 Å². The third-order valence-electron chi connectivity index (χ3n) is 7.31. The number of nitrogens with one attached hydrogen (secondary N) is 2. The van der Waals surface area contributed by atoms with Crippen molar-refractivity contribution in [2.24, 2.45) is 0 Å². The molecule has 0 aliphatic heterocycles. The van der Waals surface area contributed by atoms with Crippen LogP contribution in [0.15, 0.2) is 24.3 Å². The number of carbonyl (C=O) groups is 3. The smallest absolute Gasteiger partial charge is 0.408 e. The third-order valence-corrected chi connectivity index (χ3v) is 7.95. The van der Waals surface area contributed by atoms with Crippen LogP contribution in [0.5, 0.6) is 0 Å². The van der Waals surface area contributed by atoms with Crippen molar-refractivity contribution in [1.29, 1.82) is 0 Å². The topological polar surface area (TPSA) is 87.7 Å². The molecule has 1 fully saturated rings. The summed E-state index contributed by atoms with van der Waals surface area (Å²) in [7, 11) is 0. The molecule has 1 aromatic carbocycles. The maximum atomic E-state index is 14.4. The first-order valence-corrected chi connectivity index (χ1v) is 16.7. The van der Waals surface area contributed by atoms with Gasteiger partial charge in [-0.25, -0.2) is 4.79 Å². The second kappa shape index (κ2) is 18.0. The first kappa shape index (κ1) is 34.5. The van der Waals surface area contributed by atoms with E-state index in [0.717, 1.165) is 57.8 Å². The minimum Gasteiger partial charge on any atom is -0.444 e. The molecule has 0 radical (unpaired) electrons. The van der Waals surface area contributed by atoms with E-state index in [1.165, 1.54) is 6.42 Å². The van der Waals surface area contributed by atoms with Gasteiger partial charge in [-0.3, -0.25) is 9.59 Å². The summed E-state index contributed by atoms with van der Waals surface area (Å²) in [6.07, 6.45) is 17.8. The second-order valence-electron chi connectivity index (χ2n) is 11.9. The minimum atomic E-state index is -0.903. The fourth-order valence-corrected chi connectivity index (χ4v) is 5.71. The van der Waals surface area contributed by atoms with Crippen LogP contribution in [0.1, 0.15) is 115 Å². The molecule has 8 heteroatoms. The molecule has 2 unspecified atom stereocenters. The van der Waals surface area contributed by atoms with Crippen molar-refractivity contribution in [3.63, 3.8) is 0 Å². The monoisotopic (exact) mass is 585 g/mol. The lowest BCUT2D eigenvalue weighted by atomic mass is 9.93. The van der Waals surface area contributed by atoms with Gasteiger partial charge in [0.2, 0.25) is 11.8 Å². The SMILES string of the molecule is C#Cc1ccccc1C(C(=O)NC1CCCCC1)N(CCCCCCC)C(=O)C(CCSC)NC(=O)OC(C)(C)C. The zero-order chi connectivity index (χ0) is 30.3. The first-order chi connectivity index (χ1) is 19.6. The zero-order valence-corrected chi connectivity index (χ0v) is 26.6. The van der Waals surface area contributed by atoms with Crippen LogP contribution in [-0.4, -0.2) is 59.0 Å². The van der Waals surface area contributed by atoms with Crippen molar-refractivity contribution < 1.29 is 19.1 Å². The molecule has 1 aromatic rings. The molecule has 41 heavy (non-hydrogen) atoms. The number of unbranched alkanes of at least 4 members (excludes halogenated alkanes) is 4. The summed E-state index contributed by atoms with van der Waals surface area (Å²) < 4.78 is 5.50. The van der Waals surface area contributed by atoms with Gasteiger partial charge >= 0.3 is 6.09 Å². The van der Waals surface area contributed by atoms with Gasteiger partial charge in [0.25, 0.3) is 0 Å². The molecule has 1 aliphatic carbocycles. The van der Waals surface area contributed by atoms with Crippen molar-refractivity contribution in [2.45, 2.75) is 122 Å². The number of hydrogen-bond donors (Lipinski definition) is 2. The maximum absolute atomic E-state index is 14.4. The molecule has 0 heterocycles. The Hall–Kier alpha value is -2.66. The van der Waals surface area contributed by atoms with E-state index in [-0.39, 0.29) is 17.9 Å². The Morgan fingerprint density at radius 2 is 1.78 bits per heavy atom. The predicted molar refractivity (Wildman–Crippen MR) is 169 cm³/mol. The molecule has 2 rings (SSSR count). The highest BCUT2D eigenvalue weighted by Gasteiger charge is 2.37. The molecule has 3 amide bonds. The van der Waals surface area contributed by atoms with Crippen LogP contribution in [0, 0.1) is 12.3 Å². The number of alkyl carbamates (subject to hydrolysis) is 1. The highest BCUT2D eigenvalue weighted by atomic mass is 32.2. The number of nitrogens with zero attached hydrogens (tertiary/aromatic N) is 1. The highest BCUT2D eigenvalue weighted by Crippen LogP contribution is 2.28. The van der Waals surface area contributed by atoms with Gasteiger partial charge in [-0.2, -0.15) is 11.8 Å². The van der Waals surface area contributed by atoms with Crippen LogP contribution < -0.4 is 10.6 Å². The largest absolute Gasteiger partial charge is 0.444 e. The number of terminal acetylenes is 1. The van der Waals surface area contributed by atoms with Crippen molar-refractivity contribution in [1.82, 2.24) is 15.5 Å². The Labute approximate surface area is 252 Å². The van der Waals surface area contributed by atoms with E-state index >= 15 is 0 Å². The van der Waals surface area contributed by atoms with Crippen molar-refractivity contribution in [3.8, 4) is 12.3 Å². The lowest BCUT2D eigenvalue weighted by Gasteiger charge is -2.36. The van der Waals surface area contributed by atoms with Gasteiger partial charge in [-0.05, 0) is 70.1 Å². The highest BCUT2D eigenvalue weighted by molar-refractivity contribution is 7.98. The Kier molecular flexibility index (Phi) is 15.2.